The Morgan fingerprint density at radius 2 is 2.08 bits per heavy atom. The number of fused-ring (bicyclic) bond motifs is 1. The van der Waals surface area contributed by atoms with Gasteiger partial charge in [0.15, 0.2) is 0 Å². The van der Waals surface area contributed by atoms with Crippen LogP contribution in [0.4, 0.5) is 5.69 Å². The Bertz CT molecular complexity index is 1050. The third kappa shape index (κ3) is 3.65. The molecule has 1 heterocycles. The van der Waals surface area contributed by atoms with Crippen molar-refractivity contribution < 1.29 is 4.79 Å². The van der Waals surface area contributed by atoms with Crippen LogP contribution in [0.1, 0.15) is 12.0 Å². The maximum atomic E-state index is 12.3. The minimum absolute atomic E-state index is 0.0462. The van der Waals surface area contributed by atoms with Gasteiger partial charge in [-0.05, 0) is 30.3 Å². The second kappa shape index (κ2) is 7.11. The Balaban J connectivity index is 1.69. The highest BCUT2D eigenvalue weighted by atomic mass is 35.5. The van der Waals surface area contributed by atoms with E-state index in [1.807, 2.05) is 6.07 Å². The van der Waals surface area contributed by atoms with Crippen LogP contribution < -0.4 is 10.9 Å². The van der Waals surface area contributed by atoms with Gasteiger partial charge in [0.2, 0.25) is 5.91 Å². The van der Waals surface area contributed by atoms with E-state index >= 15 is 0 Å². The summed E-state index contributed by atoms with van der Waals surface area (Å²) < 4.78 is 1.16. The molecule has 0 aliphatic carbocycles. The normalized spacial score (nSPS) is 10.4. The molecule has 0 fully saturated rings. The van der Waals surface area contributed by atoms with Gasteiger partial charge < -0.3 is 5.32 Å². The molecule has 124 valence electrons. The summed E-state index contributed by atoms with van der Waals surface area (Å²) in [5, 5.41) is 20.0. The maximum absolute atomic E-state index is 12.3. The van der Waals surface area contributed by atoms with Crippen LogP contribution in [0.3, 0.4) is 0 Å². The highest BCUT2D eigenvalue weighted by Gasteiger charge is 2.09. The quantitative estimate of drug-likeness (QED) is 0.775. The fourth-order valence-corrected chi connectivity index (χ4v) is 2.51. The number of benzene rings is 2. The van der Waals surface area contributed by atoms with Crippen LogP contribution >= 0.6 is 11.6 Å². The van der Waals surface area contributed by atoms with E-state index in [0.717, 1.165) is 4.68 Å². The molecule has 0 bridgehead atoms. The second-order valence-corrected chi connectivity index (χ2v) is 5.65. The van der Waals surface area contributed by atoms with Crippen molar-refractivity contribution in [1.29, 1.82) is 5.26 Å². The summed E-state index contributed by atoms with van der Waals surface area (Å²) in [6.45, 7) is 0.104. The highest BCUT2D eigenvalue weighted by Crippen LogP contribution is 2.20. The van der Waals surface area contributed by atoms with E-state index < -0.39 is 0 Å². The van der Waals surface area contributed by atoms with Crippen molar-refractivity contribution in [3.8, 4) is 6.07 Å². The molecule has 2 aromatic carbocycles. The van der Waals surface area contributed by atoms with Gasteiger partial charge in [-0.3, -0.25) is 9.59 Å². The first kappa shape index (κ1) is 16.6. The van der Waals surface area contributed by atoms with Gasteiger partial charge in [0.05, 0.1) is 22.5 Å². The molecule has 0 unspecified atom stereocenters. The molecule has 0 saturated carbocycles. The summed E-state index contributed by atoms with van der Waals surface area (Å²) >= 11 is 5.92. The zero-order valence-corrected chi connectivity index (χ0v) is 13.7. The van der Waals surface area contributed by atoms with Crippen LogP contribution in [-0.2, 0) is 11.3 Å². The van der Waals surface area contributed by atoms with Crippen molar-refractivity contribution in [1.82, 2.24) is 15.0 Å². The lowest BCUT2D eigenvalue weighted by Gasteiger charge is -2.07. The molecule has 0 aliphatic rings. The van der Waals surface area contributed by atoms with Crippen LogP contribution in [0.2, 0.25) is 5.02 Å². The molecule has 8 heteroatoms. The summed E-state index contributed by atoms with van der Waals surface area (Å²) in [6, 6.07) is 13.5. The topological polar surface area (TPSA) is 101 Å². The van der Waals surface area contributed by atoms with E-state index in [9.17, 15) is 9.59 Å². The molecule has 0 atom stereocenters. The number of nitrogens with zero attached hydrogens (tertiary/aromatic N) is 4. The molecule has 1 aromatic heterocycles. The Hall–Kier alpha value is -3.24. The first-order chi connectivity index (χ1) is 12.1. The number of rotatable bonds is 4. The van der Waals surface area contributed by atoms with Crippen LogP contribution in [0.15, 0.2) is 47.3 Å². The molecule has 3 rings (SSSR count). The van der Waals surface area contributed by atoms with Crippen molar-refractivity contribution >= 4 is 34.1 Å². The van der Waals surface area contributed by atoms with Gasteiger partial charge >= 0.3 is 0 Å². The number of hydrogen-bond acceptors (Lipinski definition) is 5. The molecular weight excluding hydrogens is 342 g/mol. The summed E-state index contributed by atoms with van der Waals surface area (Å²) in [6.07, 6.45) is 0.0462. The number of aryl methyl sites for hydroxylation is 1. The molecule has 0 spiro atoms. The standard InChI is InChI=1S/C17H12ClN5O2/c18-14-9-12(6-5-11(14)10-19)20-16(24)7-8-23-17(25)13-3-1-2-4-15(13)21-22-23/h1-6,9H,7-8H2,(H,20,24). The molecule has 7 nitrogen and oxygen atoms in total. The van der Waals surface area contributed by atoms with Gasteiger partial charge in [-0.1, -0.05) is 28.9 Å². The van der Waals surface area contributed by atoms with Crippen molar-refractivity contribution in [2.45, 2.75) is 13.0 Å². The summed E-state index contributed by atoms with van der Waals surface area (Å²) in [5.74, 6) is -0.303. The van der Waals surface area contributed by atoms with E-state index in [2.05, 4.69) is 15.6 Å². The third-order valence-electron chi connectivity index (χ3n) is 3.55. The predicted octanol–water partition coefficient (Wildman–Crippen LogP) is 2.35. The van der Waals surface area contributed by atoms with Gasteiger partial charge in [0, 0.05) is 12.1 Å². The first-order valence-corrected chi connectivity index (χ1v) is 7.78. The average molecular weight is 354 g/mol. The van der Waals surface area contributed by atoms with Crippen LogP contribution in [0.5, 0.6) is 0 Å². The number of carbonyl (C=O) groups is 1. The summed E-state index contributed by atoms with van der Waals surface area (Å²) in [4.78, 5) is 24.3. The molecule has 1 N–H and O–H groups in total. The number of halogens is 1. The number of nitriles is 1. The van der Waals surface area contributed by atoms with E-state index in [1.54, 1.807) is 30.3 Å². The number of aromatic nitrogens is 3. The fraction of sp³-hybridized carbons (Fsp3) is 0.118. The largest absolute Gasteiger partial charge is 0.326 e. The Morgan fingerprint density at radius 1 is 1.28 bits per heavy atom. The van der Waals surface area contributed by atoms with Crippen LogP contribution in [0, 0.1) is 11.3 Å². The van der Waals surface area contributed by atoms with Crippen molar-refractivity contribution in [2.24, 2.45) is 0 Å². The number of nitrogens with one attached hydrogen (secondary N) is 1. The van der Waals surface area contributed by atoms with Gasteiger partial charge in [0.1, 0.15) is 11.6 Å². The van der Waals surface area contributed by atoms with Crippen LogP contribution in [-0.4, -0.2) is 20.9 Å². The molecule has 0 radical (unpaired) electrons. The summed E-state index contributed by atoms with van der Waals surface area (Å²) in [5.41, 5.74) is 1.03. The lowest BCUT2D eigenvalue weighted by Crippen LogP contribution is -2.26. The SMILES string of the molecule is N#Cc1ccc(NC(=O)CCn2nnc3ccccc3c2=O)cc1Cl. The Morgan fingerprint density at radius 3 is 2.84 bits per heavy atom. The fourth-order valence-electron chi connectivity index (χ4n) is 2.28. The number of hydrogen-bond donors (Lipinski definition) is 1. The molecule has 0 aliphatic heterocycles. The van der Waals surface area contributed by atoms with Gasteiger partial charge in [0.25, 0.3) is 5.56 Å². The van der Waals surface area contributed by atoms with Crippen molar-refractivity contribution in [3.63, 3.8) is 0 Å². The number of amides is 1. The Labute approximate surface area is 147 Å². The van der Waals surface area contributed by atoms with Crippen molar-refractivity contribution in [2.75, 3.05) is 5.32 Å². The minimum atomic E-state index is -0.303. The monoisotopic (exact) mass is 353 g/mol. The highest BCUT2D eigenvalue weighted by molar-refractivity contribution is 6.32. The predicted molar refractivity (Wildman–Crippen MR) is 93.2 cm³/mol. The van der Waals surface area contributed by atoms with Gasteiger partial charge in [-0.15, -0.1) is 5.10 Å². The van der Waals surface area contributed by atoms with E-state index in [0.29, 0.717) is 22.2 Å². The first-order valence-electron chi connectivity index (χ1n) is 7.40. The molecule has 1 amide bonds. The average Bonchev–Trinajstić information content (AvgIpc) is 2.61. The maximum Gasteiger partial charge on any atom is 0.277 e. The second-order valence-electron chi connectivity index (χ2n) is 5.24. The molecule has 25 heavy (non-hydrogen) atoms. The van der Waals surface area contributed by atoms with E-state index in [-0.39, 0.29) is 29.5 Å². The van der Waals surface area contributed by atoms with Gasteiger partial charge in [-0.25, -0.2) is 4.68 Å². The number of anilines is 1. The van der Waals surface area contributed by atoms with Gasteiger partial charge in [-0.2, -0.15) is 5.26 Å². The molecular formula is C17H12ClN5O2. The van der Waals surface area contributed by atoms with E-state index in [4.69, 9.17) is 16.9 Å². The number of carbonyl (C=O) groups excluding carboxylic acids is 1. The minimum Gasteiger partial charge on any atom is -0.326 e. The summed E-state index contributed by atoms with van der Waals surface area (Å²) in [7, 11) is 0. The molecule has 0 saturated heterocycles. The van der Waals surface area contributed by atoms with Crippen LogP contribution in [0.25, 0.3) is 10.9 Å². The van der Waals surface area contributed by atoms with E-state index in [1.165, 1.54) is 12.1 Å². The zero-order valence-electron chi connectivity index (χ0n) is 12.9. The lowest BCUT2D eigenvalue weighted by atomic mass is 10.2. The Kier molecular flexibility index (Phi) is 4.73. The molecule has 3 aromatic rings. The smallest absolute Gasteiger partial charge is 0.277 e. The zero-order chi connectivity index (χ0) is 17.8. The lowest BCUT2D eigenvalue weighted by molar-refractivity contribution is -0.116. The third-order valence-corrected chi connectivity index (χ3v) is 3.87. The van der Waals surface area contributed by atoms with Crippen molar-refractivity contribution in [3.05, 3.63) is 63.4 Å².